The number of alkyl carbamates (subject to hydrolysis) is 1. The number of ether oxygens (including phenoxy) is 3. The highest BCUT2D eigenvalue weighted by Gasteiger charge is 2.25. The molecule has 10 nitrogen and oxygen atoms in total. The summed E-state index contributed by atoms with van der Waals surface area (Å²) in [5.41, 5.74) is 10.0. The molecule has 2 aromatic rings. The van der Waals surface area contributed by atoms with Gasteiger partial charge in [0.1, 0.15) is 24.0 Å². The molecular weight excluding hydrogens is 486 g/mol. The van der Waals surface area contributed by atoms with Crippen LogP contribution in [0.2, 0.25) is 0 Å². The largest absolute Gasteiger partial charge is 0.489 e. The van der Waals surface area contributed by atoms with Crippen molar-refractivity contribution < 1.29 is 23.8 Å². The van der Waals surface area contributed by atoms with E-state index in [2.05, 4.69) is 20.7 Å². The van der Waals surface area contributed by atoms with Crippen molar-refractivity contribution in [3.63, 3.8) is 0 Å². The van der Waals surface area contributed by atoms with Crippen molar-refractivity contribution in [2.24, 2.45) is 5.11 Å². The molecule has 2 unspecified atom stereocenters. The smallest absolute Gasteiger partial charge is 0.408 e. The maximum absolute atomic E-state index is 13.0. The third-order valence-electron chi connectivity index (χ3n) is 5.02. The fourth-order valence-electron chi connectivity index (χ4n) is 3.32. The van der Waals surface area contributed by atoms with Crippen LogP contribution in [0.1, 0.15) is 38.3 Å². The summed E-state index contributed by atoms with van der Waals surface area (Å²) in [6, 6.07) is 16.5. The van der Waals surface area contributed by atoms with Gasteiger partial charge in [-0.3, -0.25) is 4.79 Å². The molecule has 0 bridgehead atoms. The summed E-state index contributed by atoms with van der Waals surface area (Å²) in [5, 5.41) is 8.74. The average Bonchev–Trinajstić information content (AvgIpc) is 2.88. The minimum atomic E-state index is -0.932. The molecule has 38 heavy (non-hydrogen) atoms. The molecule has 2 amide bonds. The molecule has 0 saturated carbocycles. The third-order valence-corrected chi connectivity index (χ3v) is 5.02. The Morgan fingerprint density at radius 3 is 2.66 bits per heavy atom. The Morgan fingerprint density at radius 1 is 1.18 bits per heavy atom. The normalized spacial score (nSPS) is 15.4. The number of amides is 2. The Bertz CT molecular complexity index is 1240. The van der Waals surface area contributed by atoms with E-state index < -0.39 is 29.9 Å². The summed E-state index contributed by atoms with van der Waals surface area (Å²) in [7, 11) is 0. The van der Waals surface area contributed by atoms with E-state index in [4.69, 9.17) is 19.7 Å². The van der Waals surface area contributed by atoms with Gasteiger partial charge in [0.25, 0.3) is 0 Å². The van der Waals surface area contributed by atoms with Crippen LogP contribution in [-0.4, -0.2) is 29.9 Å². The fraction of sp³-hybridized carbons (Fsp3) is 0.286. The maximum Gasteiger partial charge on any atom is 0.408 e. The van der Waals surface area contributed by atoms with E-state index in [1.54, 1.807) is 26.8 Å². The molecular formula is C28H31N5O5. The van der Waals surface area contributed by atoms with Crippen LogP contribution in [0, 0.1) is 0 Å². The standard InChI is InChI=1S/C28H31N5O5/c1-28(2,3)38-27(35)30-24(26(34)31-25-16-15-22(19-37-25)32-33-29)14-8-12-20-11-7-13-23(17-20)36-18-21-9-5-4-6-10-21/h4-13,15-17,19,24-25H,14,18H2,1-3H3,(H,30,35)(H,31,34). The number of rotatable bonds is 10. The molecule has 0 aliphatic carbocycles. The number of carbonyl (C=O) groups is 2. The van der Waals surface area contributed by atoms with Crippen LogP contribution in [0.4, 0.5) is 4.79 Å². The fourth-order valence-corrected chi connectivity index (χ4v) is 3.32. The summed E-state index contributed by atoms with van der Waals surface area (Å²) in [4.78, 5) is 28.1. The van der Waals surface area contributed by atoms with Crippen LogP contribution in [0.25, 0.3) is 16.5 Å². The zero-order chi connectivity index (χ0) is 27.4. The Labute approximate surface area is 221 Å². The predicted octanol–water partition coefficient (Wildman–Crippen LogP) is 5.74. The third kappa shape index (κ3) is 9.75. The Kier molecular flexibility index (Phi) is 9.96. The minimum Gasteiger partial charge on any atom is -0.489 e. The van der Waals surface area contributed by atoms with Crippen molar-refractivity contribution >= 4 is 18.1 Å². The molecule has 2 N–H and O–H groups in total. The molecule has 0 fully saturated rings. The van der Waals surface area contributed by atoms with Crippen molar-refractivity contribution in [3.8, 4) is 5.75 Å². The lowest BCUT2D eigenvalue weighted by atomic mass is 10.1. The van der Waals surface area contributed by atoms with E-state index in [9.17, 15) is 9.59 Å². The van der Waals surface area contributed by atoms with Gasteiger partial charge in [-0.05, 0) is 68.1 Å². The molecule has 1 aliphatic rings. The van der Waals surface area contributed by atoms with Crippen LogP contribution < -0.4 is 15.4 Å². The van der Waals surface area contributed by atoms with E-state index in [0.29, 0.717) is 12.4 Å². The van der Waals surface area contributed by atoms with Crippen molar-refractivity contribution in [1.82, 2.24) is 10.6 Å². The van der Waals surface area contributed by atoms with Gasteiger partial charge in [0, 0.05) is 4.91 Å². The summed E-state index contributed by atoms with van der Waals surface area (Å²) in [5.74, 6) is 0.238. The van der Waals surface area contributed by atoms with Crippen LogP contribution in [-0.2, 0) is 20.9 Å². The van der Waals surface area contributed by atoms with Crippen molar-refractivity contribution in [3.05, 3.63) is 106 Å². The number of hydrogen-bond donors (Lipinski definition) is 2. The lowest BCUT2D eigenvalue weighted by Gasteiger charge is -2.24. The van der Waals surface area contributed by atoms with Gasteiger partial charge < -0.3 is 24.8 Å². The van der Waals surface area contributed by atoms with E-state index in [0.717, 1.165) is 11.1 Å². The molecule has 1 aliphatic heterocycles. The lowest BCUT2D eigenvalue weighted by molar-refractivity contribution is -0.125. The summed E-state index contributed by atoms with van der Waals surface area (Å²) < 4.78 is 16.6. The topological polar surface area (TPSA) is 135 Å². The number of allylic oxidation sites excluding steroid dienone is 1. The van der Waals surface area contributed by atoms with Gasteiger partial charge in [-0.15, -0.1) is 0 Å². The first-order valence-corrected chi connectivity index (χ1v) is 12.0. The molecule has 2 atom stereocenters. The van der Waals surface area contributed by atoms with Gasteiger partial charge >= 0.3 is 6.09 Å². The van der Waals surface area contributed by atoms with Crippen molar-refractivity contribution in [1.29, 1.82) is 0 Å². The second-order valence-corrected chi connectivity index (χ2v) is 9.34. The van der Waals surface area contributed by atoms with Crippen LogP contribution >= 0.6 is 0 Å². The number of azide groups is 1. The first kappa shape index (κ1) is 27.9. The SMILES string of the molecule is CC(C)(C)OC(=O)NC(CC=Cc1cccc(OCc2ccccc2)c1)C(=O)NC1C=CC(N=[N+]=[N-])=CO1. The Morgan fingerprint density at radius 2 is 1.97 bits per heavy atom. The number of carbonyl (C=O) groups excluding carboxylic acids is 2. The van der Waals surface area contributed by atoms with Crippen LogP contribution in [0.15, 0.2) is 89.9 Å². The molecule has 198 valence electrons. The second kappa shape index (κ2) is 13.6. The van der Waals surface area contributed by atoms with Gasteiger partial charge in [0.15, 0.2) is 6.23 Å². The highest BCUT2D eigenvalue weighted by atomic mass is 16.6. The minimum absolute atomic E-state index is 0.191. The average molecular weight is 518 g/mol. The Balaban J connectivity index is 1.63. The molecule has 0 spiro atoms. The first-order chi connectivity index (χ1) is 18.2. The van der Waals surface area contributed by atoms with Gasteiger partial charge in [-0.25, -0.2) is 4.79 Å². The van der Waals surface area contributed by atoms with Gasteiger partial charge in [-0.1, -0.05) is 59.7 Å². The first-order valence-electron chi connectivity index (χ1n) is 12.0. The lowest BCUT2D eigenvalue weighted by Crippen LogP contribution is -2.50. The molecule has 10 heteroatoms. The molecule has 3 rings (SSSR count). The zero-order valence-electron chi connectivity index (χ0n) is 21.5. The van der Waals surface area contributed by atoms with Gasteiger partial charge in [-0.2, -0.15) is 0 Å². The molecule has 0 saturated heterocycles. The Hall–Kier alpha value is -4.69. The van der Waals surface area contributed by atoms with Crippen molar-refractivity contribution in [2.75, 3.05) is 0 Å². The highest BCUT2D eigenvalue weighted by Crippen LogP contribution is 2.17. The van der Waals surface area contributed by atoms with Gasteiger partial charge in [0.05, 0.1) is 12.0 Å². The summed E-state index contributed by atoms with van der Waals surface area (Å²) in [6.07, 6.45) is 6.62. The van der Waals surface area contributed by atoms with E-state index in [-0.39, 0.29) is 12.1 Å². The maximum atomic E-state index is 13.0. The predicted molar refractivity (Wildman–Crippen MR) is 143 cm³/mol. The molecule has 2 aromatic carbocycles. The zero-order valence-corrected chi connectivity index (χ0v) is 21.5. The quantitative estimate of drug-likeness (QED) is 0.235. The van der Waals surface area contributed by atoms with E-state index >= 15 is 0 Å². The van der Waals surface area contributed by atoms with E-state index in [1.807, 2.05) is 60.7 Å². The van der Waals surface area contributed by atoms with Crippen molar-refractivity contribution in [2.45, 2.75) is 51.7 Å². The number of hydrogen-bond acceptors (Lipinski definition) is 6. The number of benzene rings is 2. The molecule has 0 radical (unpaired) electrons. The molecule has 0 aromatic heterocycles. The van der Waals surface area contributed by atoms with Crippen LogP contribution in [0.3, 0.4) is 0 Å². The number of nitrogens with zero attached hydrogens (tertiary/aromatic N) is 3. The summed E-state index contributed by atoms with van der Waals surface area (Å²) >= 11 is 0. The van der Waals surface area contributed by atoms with E-state index in [1.165, 1.54) is 18.4 Å². The number of nitrogens with one attached hydrogen (secondary N) is 2. The van der Waals surface area contributed by atoms with Gasteiger partial charge in [0.2, 0.25) is 5.91 Å². The van der Waals surface area contributed by atoms with Crippen LogP contribution in [0.5, 0.6) is 5.75 Å². The monoisotopic (exact) mass is 517 g/mol. The second-order valence-electron chi connectivity index (χ2n) is 9.34. The molecule has 1 heterocycles. The summed E-state index contributed by atoms with van der Waals surface area (Å²) in [6.45, 7) is 5.67. The highest BCUT2D eigenvalue weighted by molar-refractivity contribution is 5.86.